The number of methoxy groups -OCH3 is 1. The third kappa shape index (κ3) is 3.97. The minimum atomic E-state index is 0.0875. The topological polar surface area (TPSA) is 41.6 Å². The number of amides is 1. The van der Waals surface area contributed by atoms with Crippen molar-refractivity contribution in [3.05, 3.63) is 29.3 Å². The van der Waals surface area contributed by atoms with Crippen LogP contribution in [0.3, 0.4) is 0 Å². The minimum Gasteiger partial charge on any atom is -0.496 e. The van der Waals surface area contributed by atoms with Gasteiger partial charge in [0.25, 0.3) is 5.91 Å². The minimum absolute atomic E-state index is 0.0875. The molecule has 0 aliphatic carbocycles. The molecule has 1 N–H and O–H groups in total. The number of nitrogens with one attached hydrogen (secondary N) is 1. The van der Waals surface area contributed by atoms with Gasteiger partial charge in [0, 0.05) is 19.1 Å². The molecule has 1 saturated heterocycles. The van der Waals surface area contributed by atoms with Crippen molar-refractivity contribution >= 4 is 5.91 Å². The Balaban J connectivity index is 2.00. The molecular weight excluding hydrogens is 264 g/mol. The number of piperidine rings is 1. The zero-order chi connectivity index (χ0) is 15.2. The number of rotatable bonds is 5. The Labute approximate surface area is 127 Å². The molecule has 1 aromatic carbocycles. The predicted molar refractivity (Wildman–Crippen MR) is 85.0 cm³/mol. The first-order valence-corrected chi connectivity index (χ1v) is 7.83. The van der Waals surface area contributed by atoms with Crippen LogP contribution in [0, 0.1) is 6.92 Å². The first-order chi connectivity index (χ1) is 10.2. The summed E-state index contributed by atoms with van der Waals surface area (Å²) in [5.74, 6) is 0.751. The molecule has 0 atom stereocenters. The molecule has 0 unspecified atom stereocenters. The fourth-order valence-corrected chi connectivity index (χ4v) is 2.79. The number of aryl methyl sites for hydroxylation is 1. The molecule has 0 aromatic heterocycles. The lowest BCUT2D eigenvalue weighted by molar-refractivity contribution is 0.0702. The smallest absolute Gasteiger partial charge is 0.257 e. The maximum atomic E-state index is 12.7. The lowest BCUT2D eigenvalue weighted by Gasteiger charge is -2.32. The van der Waals surface area contributed by atoms with Gasteiger partial charge in [-0.1, -0.05) is 18.6 Å². The SMILES string of the molecule is CCCNC1CCN(C(=O)c2cc(C)ccc2OC)CC1. The van der Waals surface area contributed by atoms with Gasteiger partial charge in [0.1, 0.15) is 5.75 Å². The van der Waals surface area contributed by atoms with Crippen LogP contribution in [0.1, 0.15) is 42.1 Å². The Morgan fingerprint density at radius 2 is 2.10 bits per heavy atom. The number of nitrogens with zero attached hydrogens (tertiary/aromatic N) is 1. The molecule has 0 spiro atoms. The fourth-order valence-electron chi connectivity index (χ4n) is 2.79. The van der Waals surface area contributed by atoms with Gasteiger partial charge in [-0.05, 0) is 44.9 Å². The Morgan fingerprint density at radius 1 is 1.38 bits per heavy atom. The molecule has 4 nitrogen and oxygen atoms in total. The van der Waals surface area contributed by atoms with Crippen LogP contribution >= 0.6 is 0 Å². The molecule has 116 valence electrons. The molecule has 1 aromatic rings. The lowest BCUT2D eigenvalue weighted by atomic mass is 10.0. The maximum Gasteiger partial charge on any atom is 0.257 e. The Kier molecular flexibility index (Phi) is 5.62. The number of carbonyl (C=O) groups excluding carboxylic acids is 1. The number of hydrogen-bond donors (Lipinski definition) is 1. The molecule has 1 amide bonds. The quantitative estimate of drug-likeness (QED) is 0.906. The van der Waals surface area contributed by atoms with Crippen molar-refractivity contribution in [2.75, 3.05) is 26.7 Å². The van der Waals surface area contributed by atoms with Crippen LogP contribution in [0.5, 0.6) is 5.75 Å². The highest BCUT2D eigenvalue weighted by molar-refractivity contribution is 5.97. The van der Waals surface area contributed by atoms with Crippen molar-refractivity contribution in [2.24, 2.45) is 0 Å². The summed E-state index contributed by atoms with van der Waals surface area (Å²) in [5, 5.41) is 3.54. The number of benzene rings is 1. The molecule has 1 aliphatic rings. The Hall–Kier alpha value is -1.55. The van der Waals surface area contributed by atoms with E-state index < -0.39 is 0 Å². The molecule has 2 rings (SSSR count). The summed E-state index contributed by atoms with van der Waals surface area (Å²) in [5.41, 5.74) is 1.76. The van der Waals surface area contributed by atoms with Gasteiger partial charge in [-0.15, -0.1) is 0 Å². The summed E-state index contributed by atoms with van der Waals surface area (Å²) >= 11 is 0. The van der Waals surface area contributed by atoms with Gasteiger partial charge in [-0.25, -0.2) is 0 Å². The number of likely N-dealkylation sites (tertiary alicyclic amines) is 1. The fraction of sp³-hybridized carbons (Fsp3) is 0.588. The first kappa shape index (κ1) is 15.8. The van der Waals surface area contributed by atoms with Gasteiger partial charge >= 0.3 is 0 Å². The van der Waals surface area contributed by atoms with E-state index >= 15 is 0 Å². The van der Waals surface area contributed by atoms with Crippen molar-refractivity contribution in [3.63, 3.8) is 0 Å². The van der Waals surface area contributed by atoms with E-state index in [0.29, 0.717) is 17.4 Å². The van der Waals surface area contributed by atoms with E-state index in [1.54, 1.807) is 7.11 Å². The van der Waals surface area contributed by atoms with Crippen molar-refractivity contribution < 1.29 is 9.53 Å². The van der Waals surface area contributed by atoms with E-state index in [2.05, 4.69) is 12.2 Å². The second-order valence-corrected chi connectivity index (χ2v) is 5.72. The van der Waals surface area contributed by atoms with Gasteiger partial charge in [-0.3, -0.25) is 4.79 Å². The summed E-state index contributed by atoms with van der Waals surface area (Å²) in [6.07, 6.45) is 3.21. The molecule has 0 radical (unpaired) electrons. The number of ether oxygens (including phenoxy) is 1. The normalized spacial score (nSPS) is 16.0. The third-order valence-corrected chi connectivity index (χ3v) is 4.05. The largest absolute Gasteiger partial charge is 0.496 e. The molecule has 0 bridgehead atoms. The van der Waals surface area contributed by atoms with Crippen LogP contribution in [-0.4, -0.2) is 43.6 Å². The molecule has 21 heavy (non-hydrogen) atoms. The van der Waals surface area contributed by atoms with Crippen LogP contribution in [-0.2, 0) is 0 Å². The van der Waals surface area contributed by atoms with E-state index in [0.717, 1.165) is 44.5 Å². The highest BCUT2D eigenvalue weighted by Crippen LogP contribution is 2.23. The zero-order valence-electron chi connectivity index (χ0n) is 13.3. The maximum absolute atomic E-state index is 12.7. The van der Waals surface area contributed by atoms with Crippen LogP contribution < -0.4 is 10.1 Å². The van der Waals surface area contributed by atoms with Gasteiger partial charge < -0.3 is 15.0 Å². The van der Waals surface area contributed by atoms with Crippen molar-refractivity contribution in [2.45, 2.75) is 39.2 Å². The van der Waals surface area contributed by atoms with Gasteiger partial charge in [-0.2, -0.15) is 0 Å². The van der Waals surface area contributed by atoms with E-state index in [1.807, 2.05) is 30.0 Å². The zero-order valence-corrected chi connectivity index (χ0v) is 13.3. The summed E-state index contributed by atoms with van der Waals surface area (Å²) in [4.78, 5) is 14.6. The highest BCUT2D eigenvalue weighted by atomic mass is 16.5. The number of hydrogen-bond acceptors (Lipinski definition) is 3. The average Bonchev–Trinajstić information content (AvgIpc) is 2.52. The average molecular weight is 290 g/mol. The van der Waals surface area contributed by atoms with Gasteiger partial charge in [0.05, 0.1) is 12.7 Å². The summed E-state index contributed by atoms with van der Waals surface area (Å²) in [6.45, 7) is 6.87. The molecular formula is C17H26N2O2. The monoisotopic (exact) mass is 290 g/mol. The molecule has 1 heterocycles. The van der Waals surface area contributed by atoms with Crippen LogP contribution in [0.25, 0.3) is 0 Å². The summed E-state index contributed by atoms with van der Waals surface area (Å²) < 4.78 is 5.33. The second-order valence-electron chi connectivity index (χ2n) is 5.72. The lowest BCUT2D eigenvalue weighted by Crippen LogP contribution is -2.45. The van der Waals surface area contributed by atoms with E-state index in [9.17, 15) is 4.79 Å². The Bertz CT molecular complexity index is 480. The second kappa shape index (κ2) is 7.46. The molecule has 4 heteroatoms. The van der Waals surface area contributed by atoms with Gasteiger partial charge in [0.2, 0.25) is 0 Å². The van der Waals surface area contributed by atoms with Crippen molar-refractivity contribution in [1.29, 1.82) is 0 Å². The first-order valence-electron chi connectivity index (χ1n) is 7.83. The highest BCUT2D eigenvalue weighted by Gasteiger charge is 2.25. The predicted octanol–water partition coefficient (Wildman–Crippen LogP) is 2.61. The summed E-state index contributed by atoms with van der Waals surface area (Å²) in [7, 11) is 1.61. The van der Waals surface area contributed by atoms with Crippen LogP contribution in [0.2, 0.25) is 0 Å². The number of carbonyl (C=O) groups is 1. The van der Waals surface area contributed by atoms with Gasteiger partial charge in [0.15, 0.2) is 0 Å². The Morgan fingerprint density at radius 3 is 2.71 bits per heavy atom. The van der Waals surface area contributed by atoms with E-state index in [-0.39, 0.29) is 5.91 Å². The summed E-state index contributed by atoms with van der Waals surface area (Å²) in [6, 6.07) is 6.31. The van der Waals surface area contributed by atoms with E-state index in [1.165, 1.54) is 0 Å². The van der Waals surface area contributed by atoms with Crippen LogP contribution in [0.15, 0.2) is 18.2 Å². The molecule has 1 fully saturated rings. The van der Waals surface area contributed by atoms with Crippen molar-refractivity contribution in [1.82, 2.24) is 10.2 Å². The van der Waals surface area contributed by atoms with E-state index in [4.69, 9.17) is 4.74 Å². The third-order valence-electron chi connectivity index (χ3n) is 4.05. The molecule has 1 aliphatic heterocycles. The van der Waals surface area contributed by atoms with Crippen LogP contribution in [0.4, 0.5) is 0 Å². The van der Waals surface area contributed by atoms with Crippen molar-refractivity contribution in [3.8, 4) is 5.75 Å². The standard InChI is InChI=1S/C17H26N2O2/c1-4-9-18-14-7-10-19(11-8-14)17(20)15-12-13(2)5-6-16(15)21-3/h5-6,12,14,18H,4,7-11H2,1-3H3. The molecule has 0 saturated carbocycles.